The van der Waals surface area contributed by atoms with Crippen molar-refractivity contribution in [1.82, 2.24) is 10.2 Å². The number of anilines is 1. The van der Waals surface area contributed by atoms with Crippen LogP contribution >= 0.6 is 12.4 Å². The number of rotatable bonds is 4. The van der Waals surface area contributed by atoms with Crippen LogP contribution in [-0.4, -0.2) is 29.9 Å². The minimum absolute atomic E-state index is 0. The van der Waals surface area contributed by atoms with Gasteiger partial charge in [0.1, 0.15) is 0 Å². The number of piperidine rings is 1. The summed E-state index contributed by atoms with van der Waals surface area (Å²) in [4.78, 5) is 14.7. The van der Waals surface area contributed by atoms with E-state index in [1.165, 1.54) is 5.56 Å². The highest BCUT2D eigenvalue weighted by Crippen LogP contribution is 2.14. The number of carbonyl (C=O) groups is 1. The van der Waals surface area contributed by atoms with Gasteiger partial charge < -0.3 is 11.1 Å². The van der Waals surface area contributed by atoms with Crippen LogP contribution in [0.5, 0.6) is 0 Å². The van der Waals surface area contributed by atoms with E-state index in [1.807, 2.05) is 6.07 Å². The zero-order valence-corrected chi connectivity index (χ0v) is 14.5. The molecular weight excluding hydrogens is 322 g/mol. The summed E-state index contributed by atoms with van der Waals surface area (Å²) in [7, 11) is 0. The second-order valence-electron chi connectivity index (χ2n) is 6.16. The average molecular weight is 346 g/mol. The lowest BCUT2D eigenvalue weighted by Gasteiger charge is -2.33. The van der Waals surface area contributed by atoms with Crippen molar-refractivity contribution >= 4 is 24.0 Å². The molecule has 0 aliphatic carbocycles. The summed E-state index contributed by atoms with van der Waals surface area (Å²) in [6.45, 7) is 2.92. The van der Waals surface area contributed by atoms with Gasteiger partial charge in [-0.2, -0.15) is 0 Å². The summed E-state index contributed by atoms with van der Waals surface area (Å²) in [6.07, 6.45) is 2.14. The topological polar surface area (TPSA) is 58.4 Å². The quantitative estimate of drug-likeness (QED) is 0.837. The van der Waals surface area contributed by atoms with Gasteiger partial charge in [-0.3, -0.25) is 9.69 Å². The highest BCUT2D eigenvalue weighted by molar-refractivity contribution is 5.94. The molecule has 1 aliphatic heterocycles. The molecule has 3 N–H and O–H groups in total. The molecule has 4 nitrogen and oxygen atoms in total. The van der Waals surface area contributed by atoms with Crippen molar-refractivity contribution in [2.75, 3.05) is 18.8 Å². The molecule has 2 aromatic carbocycles. The van der Waals surface area contributed by atoms with Crippen LogP contribution in [-0.2, 0) is 6.54 Å². The molecule has 3 rings (SSSR count). The molecule has 24 heavy (non-hydrogen) atoms. The van der Waals surface area contributed by atoms with Crippen LogP contribution in [0, 0.1) is 0 Å². The third-order valence-corrected chi connectivity index (χ3v) is 4.26. The Kier molecular flexibility index (Phi) is 6.64. The second kappa shape index (κ2) is 8.71. The standard InChI is InChI=1S/C19H23N3O.ClH/c20-17-10-8-16(9-11-17)19(23)21-18-7-4-12-22(14-18)13-15-5-2-1-3-6-15;/h1-3,5-6,8-11,18H,4,7,12-14,20H2,(H,21,23);1H. The van der Waals surface area contributed by atoms with E-state index in [9.17, 15) is 4.79 Å². The summed E-state index contributed by atoms with van der Waals surface area (Å²) in [6, 6.07) is 17.7. The zero-order chi connectivity index (χ0) is 16.1. The van der Waals surface area contributed by atoms with E-state index in [0.29, 0.717) is 11.3 Å². The van der Waals surface area contributed by atoms with Gasteiger partial charge in [-0.15, -0.1) is 12.4 Å². The van der Waals surface area contributed by atoms with Crippen molar-refractivity contribution in [3.05, 3.63) is 65.7 Å². The number of nitrogens with one attached hydrogen (secondary N) is 1. The number of carbonyl (C=O) groups excluding carboxylic acids is 1. The number of benzene rings is 2. The molecule has 2 aromatic rings. The van der Waals surface area contributed by atoms with Gasteiger partial charge in [-0.25, -0.2) is 0 Å². The van der Waals surface area contributed by atoms with Crippen molar-refractivity contribution < 1.29 is 4.79 Å². The lowest BCUT2D eigenvalue weighted by molar-refractivity contribution is 0.0901. The Morgan fingerprint density at radius 2 is 1.83 bits per heavy atom. The SMILES string of the molecule is Cl.Nc1ccc(C(=O)NC2CCCN(Cc3ccccc3)C2)cc1. The van der Waals surface area contributed by atoms with Gasteiger partial charge in [0.25, 0.3) is 5.91 Å². The Labute approximate surface area is 149 Å². The number of hydrogen-bond donors (Lipinski definition) is 2. The lowest BCUT2D eigenvalue weighted by Crippen LogP contribution is -2.47. The molecule has 1 heterocycles. The molecule has 5 heteroatoms. The van der Waals surface area contributed by atoms with Crippen LogP contribution in [0.4, 0.5) is 5.69 Å². The first kappa shape index (κ1) is 18.3. The summed E-state index contributed by atoms with van der Waals surface area (Å²) in [5.74, 6) is -0.0171. The van der Waals surface area contributed by atoms with Crippen LogP contribution < -0.4 is 11.1 Å². The minimum atomic E-state index is -0.0171. The van der Waals surface area contributed by atoms with E-state index < -0.39 is 0 Å². The molecule has 128 valence electrons. The largest absolute Gasteiger partial charge is 0.399 e. The molecule has 1 saturated heterocycles. The van der Waals surface area contributed by atoms with Crippen LogP contribution in [0.1, 0.15) is 28.8 Å². The zero-order valence-electron chi connectivity index (χ0n) is 13.7. The first-order valence-corrected chi connectivity index (χ1v) is 8.13. The van der Waals surface area contributed by atoms with Gasteiger partial charge in [-0.1, -0.05) is 30.3 Å². The Hall–Kier alpha value is -2.04. The third-order valence-electron chi connectivity index (χ3n) is 4.26. The summed E-state index contributed by atoms with van der Waals surface area (Å²) in [5.41, 5.74) is 8.32. The van der Waals surface area contributed by atoms with Crippen LogP contribution in [0.25, 0.3) is 0 Å². The maximum absolute atomic E-state index is 12.3. The Morgan fingerprint density at radius 3 is 2.54 bits per heavy atom. The van der Waals surface area contributed by atoms with E-state index in [1.54, 1.807) is 24.3 Å². The van der Waals surface area contributed by atoms with Crippen molar-refractivity contribution in [1.29, 1.82) is 0 Å². The van der Waals surface area contributed by atoms with Gasteiger partial charge in [0.15, 0.2) is 0 Å². The van der Waals surface area contributed by atoms with Crippen LogP contribution in [0.2, 0.25) is 0 Å². The maximum atomic E-state index is 12.3. The molecule has 1 unspecified atom stereocenters. The lowest BCUT2D eigenvalue weighted by atomic mass is 10.0. The van der Waals surface area contributed by atoms with Crippen molar-refractivity contribution in [3.8, 4) is 0 Å². The second-order valence-corrected chi connectivity index (χ2v) is 6.16. The van der Waals surface area contributed by atoms with Crippen molar-refractivity contribution in [3.63, 3.8) is 0 Å². The summed E-state index contributed by atoms with van der Waals surface area (Å²) < 4.78 is 0. The Balaban J connectivity index is 0.00000208. The maximum Gasteiger partial charge on any atom is 0.251 e. The number of nitrogens with zero attached hydrogens (tertiary/aromatic N) is 1. The Morgan fingerprint density at radius 1 is 1.12 bits per heavy atom. The molecule has 0 bridgehead atoms. The molecular formula is C19H24ClN3O. The van der Waals surface area contributed by atoms with Crippen molar-refractivity contribution in [2.24, 2.45) is 0 Å². The van der Waals surface area contributed by atoms with E-state index in [0.717, 1.165) is 32.5 Å². The smallest absolute Gasteiger partial charge is 0.251 e. The van der Waals surface area contributed by atoms with E-state index in [-0.39, 0.29) is 24.4 Å². The van der Waals surface area contributed by atoms with Gasteiger partial charge >= 0.3 is 0 Å². The number of likely N-dealkylation sites (tertiary alicyclic amines) is 1. The number of amides is 1. The van der Waals surface area contributed by atoms with E-state index in [2.05, 4.69) is 34.5 Å². The highest BCUT2D eigenvalue weighted by atomic mass is 35.5. The summed E-state index contributed by atoms with van der Waals surface area (Å²) in [5, 5.41) is 3.15. The van der Waals surface area contributed by atoms with Crippen molar-refractivity contribution in [2.45, 2.75) is 25.4 Å². The molecule has 1 aliphatic rings. The predicted molar refractivity (Wildman–Crippen MR) is 100 cm³/mol. The normalized spacial score (nSPS) is 17.8. The van der Waals surface area contributed by atoms with Crippen LogP contribution in [0.15, 0.2) is 54.6 Å². The minimum Gasteiger partial charge on any atom is -0.399 e. The first-order valence-electron chi connectivity index (χ1n) is 8.13. The molecule has 1 amide bonds. The molecule has 1 atom stereocenters. The van der Waals surface area contributed by atoms with Gasteiger partial charge in [-0.05, 0) is 49.2 Å². The Bertz CT molecular complexity index is 645. The highest BCUT2D eigenvalue weighted by Gasteiger charge is 2.21. The van der Waals surface area contributed by atoms with Gasteiger partial charge in [0.2, 0.25) is 0 Å². The van der Waals surface area contributed by atoms with Gasteiger partial charge in [0.05, 0.1) is 0 Å². The number of nitrogens with two attached hydrogens (primary N) is 1. The van der Waals surface area contributed by atoms with Crippen LogP contribution in [0.3, 0.4) is 0 Å². The monoisotopic (exact) mass is 345 g/mol. The summed E-state index contributed by atoms with van der Waals surface area (Å²) >= 11 is 0. The third kappa shape index (κ3) is 4.98. The molecule has 0 spiro atoms. The fourth-order valence-corrected chi connectivity index (χ4v) is 3.06. The molecule has 1 fully saturated rings. The first-order chi connectivity index (χ1) is 11.2. The predicted octanol–water partition coefficient (Wildman–Crippen LogP) is 3.09. The fourth-order valence-electron chi connectivity index (χ4n) is 3.06. The van der Waals surface area contributed by atoms with Gasteiger partial charge in [0, 0.05) is 30.4 Å². The molecule has 0 radical (unpaired) electrons. The molecule has 0 aromatic heterocycles. The van der Waals surface area contributed by atoms with E-state index in [4.69, 9.17) is 5.73 Å². The fraction of sp³-hybridized carbons (Fsp3) is 0.316. The number of hydrogen-bond acceptors (Lipinski definition) is 3. The number of halogens is 1. The average Bonchev–Trinajstić information content (AvgIpc) is 2.57. The van der Waals surface area contributed by atoms with E-state index >= 15 is 0 Å². The number of nitrogen functional groups attached to an aromatic ring is 1. The molecule has 0 saturated carbocycles.